The van der Waals surface area contributed by atoms with Crippen LogP contribution in [0.3, 0.4) is 0 Å². The number of carbonyl (C=O) groups excluding carboxylic acids is 3. The summed E-state index contributed by atoms with van der Waals surface area (Å²) in [6.07, 6.45) is -0.787. The Hall–Kier alpha value is -3.30. The van der Waals surface area contributed by atoms with Crippen molar-refractivity contribution in [1.82, 2.24) is 15.1 Å². The number of nitrogens with zero attached hydrogens (tertiary/aromatic N) is 2. The molecule has 2 fully saturated rings. The van der Waals surface area contributed by atoms with Crippen LogP contribution in [0.15, 0.2) is 24.3 Å². The summed E-state index contributed by atoms with van der Waals surface area (Å²) in [4.78, 5) is 49.4. The molecule has 2 atom stereocenters. The Balaban J connectivity index is 1.58. The van der Waals surface area contributed by atoms with E-state index in [9.17, 15) is 24.3 Å². The third-order valence-corrected chi connectivity index (χ3v) is 5.34. The molecule has 3 rings (SSSR count). The minimum absolute atomic E-state index is 0.209. The molecule has 1 aromatic rings. The third-order valence-electron chi connectivity index (χ3n) is 5.34. The van der Waals surface area contributed by atoms with Gasteiger partial charge in [0.25, 0.3) is 0 Å². The summed E-state index contributed by atoms with van der Waals surface area (Å²) >= 11 is 0. The standard InChI is InChI=1S/C19H23N3O7/c1-2-15(23)20-19(16(24)25)11-14(19)12-3-5-13(6-4-12)29-18(28)22-9-7-21(8-10-22)17(26)27/h3-6,14H,2,7-11H2,1H3,(H,20,23)(H,24,25)(H,26,27)/p+1/t14-,19?/m0/s1. The Morgan fingerprint density at radius 2 is 1.72 bits per heavy atom. The molecule has 0 spiro atoms. The molecule has 1 saturated carbocycles. The van der Waals surface area contributed by atoms with E-state index in [2.05, 4.69) is 5.32 Å². The van der Waals surface area contributed by atoms with Crippen molar-refractivity contribution in [3.8, 4) is 5.75 Å². The summed E-state index contributed by atoms with van der Waals surface area (Å²) in [5.41, 5.74) is -0.536. The molecule has 10 heteroatoms. The Kier molecular flexibility index (Phi) is 5.62. The highest BCUT2D eigenvalue weighted by molar-refractivity contribution is 5.91. The van der Waals surface area contributed by atoms with Crippen molar-refractivity contribution in [2.45, 2.75) is 31.2 Å². The van der Waals surface area contributed by atoms with Gasteiger partial charge in [-0.25, -0.2) is 9.59 Å². The molecule has 4 N–H and O–H groups in total. The molecule has 1 unspecified atom stereocenters. The van der Waals surface area contributed by atoms with Crippen LogP contribution in [0.4, 0.5) is 9.59 Å². The summed E-state index contributed by atoms with van der Waals surface area (Å²) in [5.74, 6) is -1.40. The summed E-state index contributed by atoms with van der Waals surface area (Å²) in [5, 5.41) is 19.2. The first-order valence-electron chi connectivity index (χ1n) is 9.38. The summed E-state index contributed by atoms with van der Waals surface area (Å²) in [6.45, 7) is 2.83. The lowest BCUT2D eigenvalue weighted by Gasteiger charge is -2.30. The number of rotatable bonds is 5. The molecule has 29 heavy (non-hydrogen) atoms. The SMILES string of the molecule is CCC(=O)NC1(C(=O)O)C[C@H]1c1ccc(OC(=O)N2CCN(C(=O)[OH2+])CC2)cc1. The lowest BCUT2D eigenvalue weighted by Crippen LogP contribution is -2.51. The van der Waals surface area contributed by atoms with Crippen molar-refractivity contribution in [2.24, 2.45) is 0 Å². The number of nitrogens with one attached hydrogen (secondary N) is 1. The maximum absolute atomic E-state index is 12.3. The molecule has 1 aromatic carbocycles. The van der Waals surface area contributed by atoms with Crippen molar-refractivity contribution in [2.75, 3.05) is 26.2 Å². The topological polar surface area (TPSA) is 139 Å². The average Bonchev–Trinajstić information content (AvgIpc) is 3.44. The van der Waals surface area contributed by atoms with Gasteiger partial charge < -0.3 is 25.2 Å². The van der Waals surface area contributed by atoms with E-state index in [0.717, 1.165) is 5.56 Å². The maximum Gasteiger partial charge on any atom is 0.629 e. The third kappa shape index (κ3) is 4.25. The van der Waals surface area contributed by atoms with Gasteiger partial charge in [0.2, 0.25) is 5.91 Å². The second kappa shape index (κ2) is 7.98. The van der Waals surface area contributed by atoms with E-state index in [4.69, 9.17) is 9.84 Å². The molecule has 10 nitrogen and oxygen atoms in total. The highest BCUT2D eigenvalue weighted by atomic mass is 16.6. The van der Waals surface area contributed by atoms with Gasteiger partial charge in [0, 0.05) is 38.5 Å². The molecule has 1 heterocycles. The minimum Gasteiger partial charge on any atom is -0.547 e. The fraction of sp³-hybridized carbons (Fsp3) is 0.474. The van der Waals surface area contributed by atoms with E-state index in [0.29, 0.717) is 38.3 Å². The molecule has 1 aliphatic heterocycles. The number of aliphatic carboxylic acids is 1. The highest BCUT2D eigenvalue weighted by Gasteiger charge is 2.62. The van der Waals surface area contributed by atoms with Crippen LogP contribution >= 0.6 is 0 Å². The molecule has 156 valence electrons. The van der Waals surface area contributed by atoms with Gasteiger partial charge in [0.05, 0.1) is 4.79 Å². The predicted molar refractivity (Wildman–Crippen MR) is 101 cm³/mol. The average molecular weight is 406 g/mol. The normalized spacial score (nSPS) is 23.3. The highest BCUT2D eigenvalue weighted by Crippen LogP contribution is 2.52. The Labute approximate surface area is 167 Å². The zero-order valence-electron chi connectivity index (χ0n) is 16.0. The van der Waals surface area contributed by atoms with Crippen molar-refractivity contribution in [3.63, 3.8) is 0 Å². The molecular formula is C19H24N3O7+. The van der Waals surface area contributed by atoms with Crippen LogP contribution in [-0.4, -0.2) is 75.8 Å². The molecule has 1 aliphatic carbocycles. The van der Waals surface area contributed by atoms with E-state index in [-0.39, 0.29) is 18.2 Å². The van der Waals surface area contributed by atoms with E-state index in [1.807, 2.05) is 0 Å². The second-order valence-corrected chi connectivity index (χ2v) is 7.15. The number of amides is 3. The van der Waals surface area contributed by atoms with Gasteiger partial charge in [-0.1, -0.05) is 19.1 Å². The van der Waals surface area contributed by atoms with Crippen molar-refractivity contribution in [3.05, 3.63) is 29.8 Å². The lowest BCUT2D eigenvalue weighted by atomic mass is 10.1. The van der Waals surface area contributed by atoms with Crippen LogP contribution in [-0.2, 0) is 9.59 Å². The van der Waals surface area contributed by atoms with Crippen molar-refractivity contribution in [1.29, 1.82) is 0 Å². The van der Waals surface area contributed by atoms with Gasteiger partial charge in [-0.2, -0.15) is 0 Å². The fourth-order valence-electron chi connectivity index (χ4n) is 3.46. The Bertz CT molecular complexity index is 818. The number of piperazine rings is 1. The molecular weight excluding hydrogens is 382 g/mol. The predicted octanol–water partition coefficient (Wildman–Crippen LogP) is 0.484. The van der Waals surface area contributed by atoms with Crippen LogP contribution in [0.25, 0.3) is 0 Å². The number of hydrogen-bond donors (Lipinski definition) is 2. The van der Waals surface area contributed by atoms with Gasteiger partial charge >= 0.3 is 18.2 Å². The molecule has 0 aromatic heterocycles. The smallest absolute Gasteiger partial charge is 0.547 e. The minimum atomic E-state index is -1.28. The molecule has 3 amide bonds. The lowest BCUT2D eigenvalue weighted by molar-refractivity contribution is -0.143. The number of carboxylic acid groups (broad SMARTS) is 1. The first-order chi connectivity index (χ1) is 13.8. The van der Waals surface area contributed by atoms with E-state index >= 15 is 0 Å². The Morgan fingerprint density at radius 1 is 1.14 bits per heavy atom. The quantitative estimate of drug-likeness (QED) is 0.682. The van der Waals surface area contributed by atoms with E-state index in [1.54, 1.807) is 31.2 Å². The molecule has 2 aliphatic rings. The first-order valence-corrected chi connectivity index (χ1v) is 9.38. The summed E-state index contributed by atoms with van der Waals surface area (Å²) in [6, 6.07) is 6.55. The van der Waals surface area contributed by atoms with Crippen molar-refractivity contribution < 1.29 is 34.1 Å². The summed E-state index contributed by atoms with van der Waals surface area (Å²) < 4.78 is 5.34. The van der Waals surface area contributed by atoms with E-state index in [1.165, 1.54) is 9.80 Å². The van der Waals surface area contributed by atoms with Gasteiger partial charge in [-0.3, -0.25) is 9.69 Å². The van der Waals surface area contributed by atoms with Crippen molar-refractivity contribution >= 4 is 24.1 Å². The molecule has 0 radical (unpaired) electrons. The van der Waals surface area contributed by atoms with Crippen LogP contribution < -0.4 is 10.1 Å². The van der Waals surface area contributed by atoms with E-state index < -0.39 is 23.7 Å². The van der Waals surface area contributed by atoms with Gasteiger partial charge in [-0.15, -0.1) is 0 Å². The van der Waals surface area contributed by atoms with Gasteiger partial charge in [0.1, 0.15) is 11.3 Å². The largest absolute Gasteiger partial charge is 0.629 e. The maximum atomic E-state index is 12.3. The zero-order valence-corrected chi connectivity index (χ0v) is 16.0. The molecule has 1 saturated heterocycles. The fourth-order valence-corrected chi connectivity index (χ4v) is 3.46. The molecule has 0 bridgehead atoms. The monoisotopic (exact) mass is 406 g/mol. The second-order valence-electron chi connectivity index (χ2n) is 7.15. The number of hydrogen-bond acceptors (Lipinski definition) is 5. The van der Waals surface area contributed by atoms with Crippen LogP contribution in [0, 0.1) is 0 Å². The zero-order chi connectivity index (χ0) is 21.2. The van der Waals surface area contributed by atoms with Gasteiger partial charge in [-0.05, 0) is 24.1 Å². The van der Waals surface area contributed by atoms with Gasteiger partial charge in [0.15, 0.2) is 0 Å². The number of carbonyl (C=O) groups is 4. The number of carboxylic acids is 1. The van der Waals surface area contributed by atoms with Crippen LogP contribution in [0.1, 0.15) is 31.2 Å². The first kappa shape index (κ1) is 20.4. The Morgan fingerprint density at radius 3 is 2.24 bits per heavy atom. The number of benzene rings is 1. The van der Waals surface area contributed by atoms with Crippen LogP contribution in [0.2, 0.25) is 0 Å². The van der Waals surface area contributed by atoms with Crippen LogP contribution in [0.5, 0.6) is 5.75 Å². The number of ether oxygens (including phenoxy) is 1. The summed E-state index contributed by atoms with van der Waals surface area (Å²) in [7, 11) is 0.